The van der Waals surface area contributed by atoms with E-state index in [-0.39, 0.29) is 5.54 Å². The Morgan fingerprint density at radius 3 is 2.67 bits per heavy atom. The van der Waals surface area contributed by atoms with Crippen LogP contribution in [0.3, 0.4) is 0 Å². The third-order valence-electron chi connectivity index (χ3n) is 3.79. The first kappa shape index (κ1) is 11.3. The highest BCUT2D eigenvalue weighted by atomic mass is 32.2. The minimum Gasteiger partial charge on any atom is -0.296 e. The molecule has 84 valence electrons. The number of rotatable bonds is 2. The number of hydrogen-bond donors (Lipinski definition) is 1. The fourth-order valence-corrected chi connectivity index (χ4v) is 3.95. The molecule has 1 aliphatic carbocycles. The van der Waals surface area contributed by atoms with Gasteiger partial charge in [0.25, 0.3) is 0 Å². The second-order valence-corrected chi connectivity index (χ2v) is 6.27. The van der Waals surface area contributed by atoms with E-state index in [4.69, 9.17) is 0 Å². The van der Waals surface area contributed by atoms with Crippen LogP contribution in [0.4, 0.5) is 0 Å². The number of hydrogen-bond acceptors (Lipinski definition) is 3. The summed E-state index contributed by atoms with van der Waals surface area (Å²) in [6.45, 7) is 2.20. The van der Waals surface area contributed by atoms with Gasteiger partial charge in [0, 0.05) is 11.3 Å². The number of nitriles is 1. The molecule has 2 atom stereocenters. The van der Waals surface area contributed by atoms with Gasteiger partial charge in [-0.3, -0.25) is 5.32 Å². The molecule has 0 aromatic rings. The van der Waals surface area contributed by atoms with Gasteiger partial charge < -0.3 is 0 Å². The summed E-state index contributed by atoms with van der Waals surface area (Å²) in [5.41, 5.74) is -0.238. The number of nitrogens with zero attached hydrogens (tertiary/aromatic N) is 1. The van der Waals surface area contributed by atoms with Crippen LogP contribution < -0.4 is 5.32 Å². The molecule has 2 nitrogen and oxygen atoms in total. The van der Waals surface area contributed by atoms with Crippen LogP contribution in [0.25, 0.3) is 0 Å². The van der Waals surface area contributed by atoms with Gasteiger partial charge >= 0.3 is 0 Å². The van der Waals surface area contributed by atoms with E-state index >= 15 is 0 Å². The molecule has 1 aliphatic heterocycles. The predicted octanol–water partition coefficient (Wildman–Crippen LogP) is 2.70. The summed E-state index contributed by atoms with van der Waals surface area (Å²) in [6, 6.07) is 3.16. The van der Waals surface area contributed by atoms with E-state index in [2.05, 4.69) is 18.3 Å². The first-order valence-electron chi connectivity index (χ1n) is 6.07. The van der Waals surface area contributed by atoms with Crippen LogP contribution in [0.2, 0.25) is 0 Å². The SMILES string of the molecule is CC1SCCCC1(C#N)NC1CCCC1. The molecule has 0 radical (unpaired) electrons. The largest absolute Gasteiger partial charge is 0.296 e. The molecule has 0 aromatic heterocycles. The summed E-state index contributed by atoms with van der Waals surface area (Å²) in [5.74, 6) is 1.22. The van der Waals surface area contributed by atoms with Crippen molar-refractivity contribution in [3.05, 3.63) is 0 Å². The predicted molar refractivity (Wildman–Crippen MR) is 64.9 cm³/mol. The summed E-state index contributed by atoms with van der Waals surface area (Å²) in [4.78, 5) is 0. The molecule has 0 amide bonds. The van der Waals surface area contributed by atoms with Gasteiger partial charge in [0.05, 0.1) is 6.07 Å². The molecule has 1 heterocycles. The molecule has 2 rings (SSSR count). The summed E-state index contributed by atoms with van der Waals surface area (Å²) < 4.78 is 0. The van der Waals surface area contributed by atoms with Crippen molar-refractivity contribution in [2.45, 2.75) is 62.3 Å². The summed E-state index contributed by atoms with van der Waals surface area (Å²) in [7, 11) is 0. The number of nitrogens with one attached hydrogen (secondary N) is 1. The fraction of sp³-hybridized carbons (Fsp3) is 0.917. The average molecular weight is 224 g/mol. The van der Waals surface area contributed by atoms with Gasteiger partial charge in [-0.15, -0.1) is 0 Å². The molecule has 0 spiro atoms. The highest BCUT2D eigenvalue weighted by Crippen LogP contribution is 2.35. The molecule has 2 fully saturated rings. The topological polar surface area (TPSA) is 35.8 Å². The Morgan fingerprint density at radius 2 is 2.07 bits per heavy atom. The van der Waals surface area contributed by atoms with E-state index in [0.717, 1.165) is 6.42 Å². The third kappa shape index (κ3) is 2.32. The van der Waals surface area contributed by atoms with E-state index in [1.165, 1.54) is 37.9 Å². The Kier molecular flexibility index (Phi) is 3.58. The Hall–Kier alpha value is -0.200. The summed E-state index contributed by atoms with van der Waals surface area (Å²) in [6.07, 6.45) is 7.42. The van der Waals surface area contributed by atoms with Crippen molar-refractivity contribution in [3.63, 3.8) is 0 Å². The van der Waals surface area contributed by atoms with E-state index in [9.17, 15) is 5.26 Å². The summed E-state index contributed by atoms with van der Waals surface area (Å²) in [5, 5.41) is 13.5. The maximum atomic E-state index is 9.45. The standard InChI is InChI=1S/C12H20N2S/c1-10-12(9-13,7-4-8-15-10)14-11-5-2-3-6-11/h10-11,14H,2-8H2,1H3. The third-order valence-corrected chi connectivity index (χ3v) is 5.22. The molecule has 1 saturated heterocycles. The highest BCUT2D eigenvalue weighted by molar-refractivity contribution is 8.00. The Bertz CT molecular complexity index is 255. The zero-order valence-corrected chi connectivity index (χ0v) is 10.3. The molecular weight excluding hydrogens is 204 g/mol. The molecule has 1 saturated carbocycles. The van der Waals surface area contributed by atoms with Gasteiger partial charge in [-0.05, 0) is 31.4 Å². The van der Waals surface area contributed by atoms with Crippen molar-refractivity contribution in [1.82, 2.24) is 5.32 Å². The van der Waals surface area contributed by atoms with Crippen LogP contribution in [0, 0.1) is 11.3 Å². The minimum atomic E-state index is -0.238. The van der Waals surface area contributed by atoms with E-state index in [1.54, 1.807) is 0 Å². The van der Waals surface area contributed by atoms with Gasteiger partial charge in [0.2, 0.25) is 0 Å². The zero-order valence-electron chi connectivity index (χ0n) is 9.46. The molecule has 0 bridgehead atoms. The second kappa shape index (κ2) is 4.76. The second-order valence-electron chi connectivity index (χ2n) is 4.83. The monoisotopic (exact) mass is 224 g/mol. The van der Waals surface area contributed by atoms with Crippen molar-refractivity contribution in [2.75, 3.05) is 5.75 Å². The number of thioether (sulfide) groups is 1. The van der Waals surface area contributed by atoms with E-state index < -0.39 is 0 Å². The van der Waals surface area contributed by atoms with Gasteiger partial charge in [0.1, 0.15) is 5.54 Å². The first-order chi connectivity index (χ1) is 7.27. The maximum absolute atomic E-state index is 9.45. The highest BCUT2D eigenvalue weighted by Gasteiger charge is 2.40. The Balaban J connectivity index is 2.03. The average Bonchev–Trinajstić information content (AvgIpc) is 2.74. The van der Waals surface area contributed by atoms with Gasteiger partial charge in [-0.1, -0.05) is 19.8 Å². The van der Waals surface area contributed by atoms with Crippen molar-refractivity contribution in [1.29, 1.82) is 5.26 Å². The smallest absolute Gasteiger partial charge is 0.118 e. The van der Waals surface area contributed by atoms with Crippen LogP contribution in [0.5, 0.6) is 0 Å². The maximum Gasteiger partial charge on any atom is 0.118 e. The first-order valence-corrected chi connectivity index (χ1v) is 7.12. The molecule has 1 N–H and O–H groups in total. The lowest BCUT2D eigenvalue weighted by Crippen LogP contribution is -2.56. The Labute approximate surface area is 96.8 Å². The van der Waals surface area contributed by atoms with Crippen LogP contribution in [-0.2, 0) is 0 Å². The molecule has 15 heavy (non-hydrogen) atoms. The van der Waals surface area contributed by atoms with Gasteiger partial charge in [0.15, 0.2) is 0 Å². The van der Waals surface area contributed by atoms with Crippen molar-refractivity contribution in [3.8, 4) is 6.07 Å². The van der Waals surface area contributed by atoms with Crippen molar-refractivity contribution >= 4 is 11.8 Å². The van der Waals surface area contributed by atoms with E-state index in [0.29, 0.717) is 11.3 Å². The molecule has 2 aliphatic rings. The molecule has 2 unspecified atom stereocenters. The quantitative estimate of drug-likeness (QED) is 0.783. The zero-order chi connectivity index (χ0) is 10.7. The van der Waals surface area contributed by atoms with Gasteiger partial charge in [-0.2, -0.15) is 17.0 Å². The normalized spacial score (nSPS) is 37.7. The minimum absolute atomic E-state index is 0.238. The van der Waals surface area contributed by atoms with Crippen LogP contribution in [-0.4, -0.2) is 22.6 Å². The lowest BCUT2D eigenvalue weighted by atomic mass is 9.90. The van der Waals surface area contributed by atoms with Crippen LogP contribution in [0.1, 0.15) is 45.4 Å². The van der Waals surface area contributed by atoms with Crippen molar-refractivity contribution in [2.24, 2.45) is 0 Å². The van der Waals surface area contributed by atoms with Gasteiger partial charge in [-0.25, -0.2) is 0 Å². The van der Waals surface area contributed by atoms with Crippen LogP contribution in [0.15, 0.2) is 0 Å². The Morgan fingerprint density at radius 1 is 1.33 bits per heavy atom. The lowest BCUT2D eigenvalue weighted by molar-refractivity contribution is 0.324. The molecule has 3 heteroatoms. The van der Waals surface area contributed by atoms with E-state index in [1.807, 2.05) is 11.8 Å². The lowest BCUT2D eigenvalue weighted by Gasteiger charge is -2.39. The van der Waals surface area contributed by atoms with Crippen LogP contribution >= 0.6 is 11.8 Å². The fourth-order valence-electron chi connectivity index (χ4n) is 2.76. The molecule has 0 aromatic carbocycles. The summed E-state index contributed by atoms with van der Waals surface area (Å²) >= 11 is 1.95. The molecular formula is C12H20N2S. The van der Waals surface area contributed by atoms with Crippen molar-refractivity contribution < 1.29 is 0 Å².